The third kappa shape index (κ3) is 1.86. The number of rotatable bonds is 1. The van der Waals surface area contributed by atoms with Gasteiger partial charge in [0.2, 0.25) is 0 Å². The highest BCUT2D eigenvalue weighted by Gasteiger charge is 2.73. The molecule has 4 fully saturated rings. The second-order valence-corrected chi connectivity index (χ2v) is 10.1. The fourth-order valence-electron chi connectivity index (χ4n) is 7.87. The second-order valence-electron chi connectivity index (χ2n) is 10.1. The molecule has 0 aromatic rings. The summed E-state index contributed by atoms with van der Waals surface area (Å²) in [5.41, 5.74) is -2.25. The number of aliphatic carboxylic acids is 1. The number of hydrogen-bond donors (Lipinski definition) is 3. The number of aliphatic hydroxyl groups excluding tert-OH is 2. The van der Waals surface area contributed by atoms with Gasteiger partial charge in [0.1, 0.15) is 5.78 Å². The van der Waals surface area contributed by atoms with E-state index in [0.29, 0.717) is 19.3 Å². The summed E-state index contributed by atoms with van der Waals surface area (Å²) >= 11 is 0. The number of carbonyl (C=O) groups is 2. The smallest absolute Gasteiger partial charge is 0.309 e. The maximum Gasteiger partial charge on any atom is 0.309 e. The largest absolute Gasteiger partial charge is 0.481 e. The second kappa shape index (κ2) is 4.86. The van der Waals surface area contributed by atoms with Gasteiger partial charge in [0.25, 0.3) is 0 Å². The van der Waals surface area contributed by atoms with E-state index in [1.807, 2.05) is 6.92 Å². The van der Waals surface area contributed by atoms with Gasteiger partial charge in [0.05, 0.1) is 23.0 Å². The van der Waals surface area contributed by atoms with Gasteiger partial charge >= 0.3 is 5.97 Å². The zero-order chi connectivity index (χ0) is 18.4. The van der Waals surface area contributed by atoms with Crippen molar-refractivity contribution in [3.8, 4) is 0 Å². The third-order valence-corrected chi connectivity index (χ3v) is 8.95. The minimum Gasteiger partial charge on any atom is -0.481 e. The van der Waals surface area contributed by atoms with E-state index in [4.69, 9.17) is 0 Å². The van der Waals surface area contributed by atoms with Gasteiger partial charge in [-0.3, -0.25) is 9.59 Å². The van der Waals surface area contributed by atoms with E-state index in [-0.39, 0.29) is 28.4 Å². The molecular formula is C20H30O5. The Bertz CT molecular complexity index is 646. The number of hydrogen-bond acceptors (Lipinski definition) is 4. The topological polar surface area (TPSA) is 94.8 Å². The predicted molar refractivity (Wildman–Crippen MR) is 90.7 cm³/mol. The summed E-state index contributed by atoms with van der Waals surface area (Å²) in [7, 11) is 0. The van der Waals surface area contributed by atoms with Crippen LogP contribution in [-0.4, -0.2) is 39.3 Å². The zero-order valence-corrected chi connectivity index (χ0v) is 15.4. The Balaban J connectivity index is 1.83. The van der Waals surface area contributed by atoms with Crippen LogP contribution in [0.4, 0.5) is 0 Å². The highest BCUT2D eigenvalue weighted by molar-refractivity contribution is 5.89. The molecule has 4 rings (SSSR count). The quantitative estimate of drug-likeness (QED) is 0.675. The number of carboxylic acid groups (broad SMARTS) is 1. The monoisotopic (exact) mass is 350 g/mol. The third-order valence-electron chi connectivity index (χ3n) is 8.95. The molecule has 0 amide bonds. The molecule has 1 spiro atoms. The predicted octanol–water partition coefficient (Wildman–Crippen LogP) is 2.38. The van der Waals surface area contributed by atoms with Gasteiger partial charge in [0, 0.05) is 6.42 Å². The van der Waals surface area contributed by atoms with E-state index in [9.17, 15) is 24.9 Å². The van der Waals surface area contributed by atoms with Crippen LogP contribution >= 0.6 is 0 Å². The Kier molecular flexibility index (Phi) is 3.40. The maximum atomic E-state index is 12.7. The van der Waals surface area contributed by atoms with Gasteiger partial charge in [-0.05, 0) is 61.7 Å². The van der Waals surface area contributed by atoms with Crippen LogP contribution in [0.15, 0.2) is 0 Å². The molecule has 0 aliphatic heterocycles. The zero-order valence-electron chi connectivity index (χ0n) is 15.4. The number of carbonyl (C=O) groups excluding carboxylic acids is 1. The van der Waals surface area contributed by atoms with Crippen molar-refractivity contribution >= 4 is 11.8 Å². The van der Waals surface area contributed by atoms with Crippen LogP contribution in [0.1, 0.15) is 65.7 Å². The van der Waals surface area contributed by atoms with Gasteiger partial charge in [-0.2, -0.15) is 0 Å². The molecule has 2 bridgehead atoms. The molecule has 5 heteroatoms. The summed E-state index contributed by atoms with van der Waals surface area (Å²) in [6.07, 6.45) is 2.98. The van der Waals surface area contributed by atoms with E-state index >= 15 is 0 Å². The Morgan fingerprint density at radius 3 is 2.44 bits per heavy atom. The van der Waals surface area contributed by atoms with Crippen molar-refractivity contribution in [1.29, 1.82) is 0 Å². The molecule has 0 unspecified atom stereocenters. The molecular weight excluding hydrogens is 320 g/mol. The van der Waals surface area contributed by atoms with Crippen molar-refractivity contribution in [2.45, 2.75) is 77.9 Å². The first-order valence-electron chi connectivity index (χ1n) is 9.64. The molecule has 4 aliphatic rings. The first-order chi connectivity index (χ1) is 11.5. The van der Waals surface area contributed by atoms with E-state index in [1.165, 1.54) is 0 Å². The maximum absolute atomic E-state index is 12.7. The molecule has 25 heavy (non-hydrogen) atoms. The summed E-state index contributed by atoms with van der Waals surface area (Å²) in [4.78, 5) is 24.8. The van der Waals surface area contributed by atoms with Crippen molar-refractivity contribution in [2.24, 2.45) is 33.5 Å². The molecule has 4 aliphatic carbocycles. The van der Waals surface area contributed by atoms with Gasteiger partial charge in [-0.25, -0.2) is 0 Å². The Hall–Kier alpha value is -0.940. The first kappa shape index (κ1) is 17.5. The number of ketones is 1. The minimum absolute atomic E-state index is 0.0243. The van der Waals surface area contributed by atoms with E-state index in [1.54, 1.807) is 6.92 Å². The van der Waals surface area contributed by atoms with Crippen LogP contribution in [0.25, 0.3) is 0 Å². The Morgan fingerprint density at radius 1 is 1.12 bits per heavy atom. The van der Waals surface area contributed by atoms with Crippen LogP contribution in [-0.2, 0) is 9.59 Å². The van der Waals surface area contributed by atoms with Crippen LogP contribution in [0.3, 0.4) is 0 Å². The molecule has 0 heterocycles. The molecule has 3 N–H and O–H groups in total. The molecule has 4 saturated carbocycles. The summed E-state index contributed by atoms with van der Waals surface area (Å²) in [5, 5.41) is 31.8. The SMILES string of the molecule is C[C@@]12CCC[C@@](C)(C(=O)O)[C@H]1CC[C@@]13CC(=O)[C@](C)(C1)[C@H](O)[C@H](O)[C@H]32. The fraction of sp³-hybridized carbons (Fsp3) is 0.900. The van der Waals surface area contributed by atoms with Crippen molar-refractivity contribution in [3.05, 3.63) is 0 Å². The molecule has 140 valence electrons. The van der Waals surface area contributed by atoms with Crippen molar-refractivity contribution in [1.82, 2.24) is 0 Å². The number of Topliss-reactive ketones (excluding diaryl/α,β-unsaturated/α-hetero) is 1. The lowest BCUT2D eigenvalue weighted by molar-refractivity contribution is -0.229. The van der Waals surface area contributed by atoms with Gasteiger partial charge in [-0.15, -0.1) is 0 Å². The van der Waals surface area contributed by atoms with Crippen LogP contribution in [0, 0.1) is 33.5 Å². The van der Waals surface area contributed by atoms with Crippen molar-refractivity contribution in [3.63, 3.8) is 0 Å². The minimum atomic E-state index is -1.05. The average Bonchev–Trinajstić information content (AvgIpc) is 2.74. The molecule has 8 atom stereocenters. The fourth-order valence-corrected chi connectivity index (χ4v) is 7.87. The molecule has 0 aromatic heterocycles. The first-order valence-corrected chi connectivity index (χ1v) is 9.64. The standard InChI is InChI=1S/C20H30O5/c1-17-6-4-7-18(2,16(24)25)11(17)5-8-20-9-12(21)19(3,10-20)15(23)13(22)14(17)20/h11,13-15,22-23H,4-10H2,1-3H3,(H,24,25)/t11-,13+,14-,15+,17+,18+,19-,20+/m0/s1. The lowest BCUT2D eigenvalue weighted by atomic mass is 9.39. The summed E-state index contributed by atoms with van der Waals surface area (Å²) in [6, 6.07) is 0. The summed E-state index contributed by atoms with van der Waals surface area (Å²) in [5.74, 6) is -0.908. The summed E-state index contributed by atoms with van der Waals surface area (Å²) < 4.78 is 0. The van der Waals surface area contributed by atoms with Gasteiger partial charge in [0.15, 0.2) is 0 Å². The number of aliphatic hydroxyl groups is 2. The highest BCUT2D eigenvalue weighted by atomic mass is 16.4. The lowest BCUT2D eigenvalue weighted by Crippen LogP contribution is -2.65. The van der Waals surface area contributed by atoms with Crippen LogP contribution in [0.5, 0.6) is 0 Å². The summed E-state index contributed by atoms with van der Waals surface area (Å²) in [6.45, 7) is 5.76. The molecule has 0 aromatic carbocycles. The highest BCUT2D eigenvalue weighted by Crippen LogP contribution is 2.72. The van der Waals surface area contributed by atoms with Gasteiger partial charge < -0.3 is 15.3 Å². The Labute approximate surface area is 148 Å². The Morgan fingerprint density at radius 2 is 1.80 bits per heavy atom. The normalized spacial score (nSPS) is 57.7. The van der Waals surface area contributed by atoms with Crippen LogP contribution < -0.4 is 0 Å². The average molecular weight is 350 g/mol. The van der Waals surface area contributed by atoms with Gasteiger partial charge in [-0.1, -0.05) is 20.3 Å². The van der Waals surface area contributed by atoms with Crippen molar-refractivity contribution in [2.75, 3.05) is 0 Å². The van der Waals surface area contributed by atoms with E-state index < -0.39 is 29.0 Å². The van der Waals surface area contributed by atoms with E-state index in [0.717, 1.165) is 25.7 Å². The molecule has 0 radical (unpaired) electrons. The van der Waals surface area contributed by atoms with E-state index in [2.05, 4.69) is 6.92 Å². The van der Waals surface area contributed by atoms with Crippen LogP contribution in [0.2, 0.25) is 0 Å². The lowest BCUT2D eigenvalue weighted by Gasteiger charge is -2.65. The number of carboxylic acids is 1. The molecule has 5 nitrogen and oxygen atoms in total. The molecule has 0 saturated heterocycles. The van der Waals surface area contributed by atoms with Crippen molar-refractivity contribution < 1.29 is 24.9 Å². The number of fused-ring (bicyclic) bond motifs is 3.